The maximum Gasteiger partial charge on any atom is 0.222 e. The van der Waals surface area contributed by atoms with Gasteiger partial charge < -0.3 is 10.2 Å². The summed E-state index contributed by atoms with van der Waals surface area (Å²) in [5.41, 5.74) is 0.970. The second kappa shape index (κ2) is 6.31. The molecule has 0 aromatic carbocycles. The number of carbonyl (C=O) groups excluding carboxylic acids is 2. The van der Waals surface area contributed by atoms with Gasteiger partial charge in [0.05, 0.1) is 31.2 Å². The summed E-state index contributed by atoms with van der Waals surface area (Å²) in [5.74, 6) is 0.00157. The van der Waals surface area contributed by atoms with E-state index in [1.807, 2.05) is 28.3 Å². The molecule has 1 aliphatic heterocycles. The molecule has 1 N–H and O–H groups in total. The third-order valence-corrected chi connectivity index (χ3v) is 4.66. The Kier molecular flexibility index (Phi) is 4.24. The molecule has 0 fully saturated rings. The van der Waals surface area contributed by atoms with E-state index in [2.05, 4.69) is 10.4 Å². The Morgan fingerprint density at radius 2 is 2.32 bits per heavy atom. The number of aromatic nitrogens is 2. The first-order valence-electron chi connectivity index (χ1n) is 7.20. The van der Waals surface area contributed by atoms with Crippen LogP contribution in [-0.2, 0) is 22.7 Å². The lowest BCUT2D eigenvalue weighted by Gasteiger charge is -2.33. The summed E-state index contributed by atoms with van der Waals surface area (Å²) < 4.78 is 1.87. The molecule has 3 heterocycles. The van der Waals surface area contributed by atoms with Crippen molar-refractivity contribution in [3.8, 4) is 0 Å². The molecule has 22 heavy (non-hydrogen) atoms. The molecule has 3 rings (SSSR count). The van der Waals surface area contributed by atoms with Crippen molar-refractivity contribution in [2.75, 3.05) is 6.54 Å². The fraction of sp³-hybridized carbons (Fsp3) is 0.400. The number of nitrogens with zero attached hydrogens (tertiary/aromatic N) is 3. The van der Waals surface area contributed by atoms with E-state index in [1.54, 1.807) is 29.4 Å². The van der Waals surface area contributed by atoms with Gasteiger partial charge in [-0.1, -0.05) is 6.07 Å². The second-order valence-electron chi connectivity index (χ2n) is 5.38. The monoisotopic (exact) mass is 318 g/mol. The first kappa shape index (κ1) is 14.8. The lowest BCUT2D eigenvalue weighted by atomic mass is 10.1. The van der Waals surface area contributed by atoms with Crippen LogP contribution in [0.25, 0.3) is 0 Å². The van der Waals surface area contributed by atoms with E-state index >= 15 is 0 Å². The molecular weight excluding hydrogens is 300 g/mol. The summed E-state index contributed by atoms with van der Waals surface area (Å²) in [7, 11) is 0. The summed E-state index contributed by atoms with van der Waals surface area (Å²) in [5, 5.41) is 9.21. The predicted octanol–water partition coefficient (Wildman–Crippen LogP) is 1.55. The fourth-order valence-electron chi connectivity index (χ4n) is 2.66. The van der Waals surface area contributed by atoms with Gasteiger partial charge in [-0.2, -0.15) is 5.10 Å². The summed E-state index contributed by atoms with van der Waals surface area (Å²) in [6, 6.07) is 5.75. The molecule has 0 saturated heterocycles. The van der Waals surface area contributed by atoms with Crippen LogP contribution in [0.3, 0.4) is 0 Å². The van der Waals surface area contributed by atoms with Gasteiger partial charge >= 0.3 is 0 Å². The van der Waals surface area contributed by atoms with Gasteiger partial charge in [0.1, 0.15) is 0 Å². The van der Waals surface area contributed by atoms with Crippen molar-refractivity contribution in [3.63, 3.8) is 0 Å². The molecule has 0 saturated carbocycles. The van der Waals surface area contributed by atoms with E-state index in [4.69, 9.17) is 0 Å². The zero-order valence-corrected chi connectivity index (χ0v) is 13.2. The third-order valence-electron chi connectivity index (χ3n) is 3.79. The van der Waals surface area contributed by atoms with Crippen molar-refractivity contribution in [1.29, 1.82) is 0 Å². The Hall–Kier alpha value is -2.15. The standard InChI is InChI=1S/C15H18N4O2S/c1-11(20)18-9-12-4-5-17-19(12)13(10-18)7-15(21)16-8-14-3-2-6-22-14/h2-6,13H,7-10H2,1H3,(H,16,21). The normalized spacial score (nSPS) is 17.1. The van der Waals surface area contributed by atoms with Crippen molar-refractivity contribution in [1.82, 2.24) is 20.0 Å². The van der Waals surface area contributed by atoms with Gasteiger partial charge in [-0.25, -0.2) is 0 Å². The summed E-state index contributed by atoms with van der Waals surface area (Å²) in [6.07, 6.45) is 2.04. The van der Waals surface area contributed by atoms with E-state index in [1.165, 1.54) is 0 Å². The quantitative estimate of drug-likeness (QED) is 0.930. The molecule has 116 valence electrons. The van der Waals surface area contributed by atoms with Crippen molar-refractivity contribution in [3.05, 3.63) is 40.3 Å². The van der Waals surface area contributed by atoms with Gasteiger partial charge in [0.25, 0.3) is 0 Å². The minimum atomic E-state index is -0.106. The maximum absolute atomic E-state index is 12.2. The fourth-order valence-corrected chi connectivity index (χ4v) is 3.31. The highest BCUT2D eigenvalue weighted by atomic mass is 32.1. The minimum absolute atomic E-state index is 0.0229. The highest BCUT2D eigenvalue weighted by Crippen LogP contribution is 2.23. The van der Waals surface area contributed by atoms with Gasteiger partial charge in [-0.3, -0.25) is 14.3 Å². The molecule has 1 unspecified atom stereocenters. The summed E-state index contributed by atoms with van der Waals surface area (Å²) >= 11 is 1.62. The van der Waals surface area contributed by atoms with Crippen LogP contribution in [0.5, 0.6) is 0 Å². The van der Waals surface area contributed by atoms with Crippen LogP contribution in [0.2, 0.25) is 0 Å². The van der Waals surface area contributed by atoms with Gasteiger partial charge in [-0.15, -0.1) is 11.3 Å². The van der Waals surface area contributed by atoms with Crippen LogP contribution < -0.4 is 5.32 Å². The Morgan fingerprint density at radius 3 is 3.05 bits per heavy atom. The number of hydrogen-bond donors (Lipinski definition) is 1. The summed E-state index contributed by atoms with van der Waals surface area (Å²) in [4.78, 5) is 26.7. The van der Waals surface area contributed by atoms with E-state index in [9.17, 15) is 9.59 Å². The molecule has 2 aromatic rings. The van der Waals surface area contributed by atoms with Crippen LogP contribution >= 0.6 is 11.3 Å². The predicted molar refractivity (Wildman–Crippen MR) is 83.1 cm³/mol. The zero-order valence-electron chi connectivity index (χ0n) is 12.4. The molecular formula is C15H18N4O2S. The molecule has 0 aliphatic carbocycles. The van der Waals surface area contributed by atoms with Crippen LogP contribution in [-0.4, -0.2) is 33.0 Å². The number of thiophene rings is 1. The third kappa shape index (κ3) is 3.19. The second-order valence-corrected chi connectivity index (χ2v) is 6.41. The first-order valence-corrected chi connectivity index (χ1v) is 8.08. The van der Waals surface area contributed by atoms with Crippen molar-refractivity contribution in [2.24, 2.45) is 0 Å². The van der Waals surface area contributed by atoms with Gasteiger partial charge in [0.2, 0.25) is 11.8 Å². The number of nitrogens with one attached hydrogen (secondary N) is 1. The minimum Gasteiger partial charge on any atom is -0.351 e. The molecule has 1 atom stereocenters. The lowest BCUT2D eigenvalue weighted by molar-refractivity contribution is -0.132. The van der Waals surface area contributed by atoms with Crippen molar-refractivity contribution >= 4 is 23.2 Å². The average Bonchev–Trinajstić information content (AvgIpc) is 3.16. The van der Waals surface area contributed by atoms with Crippen LogP contribution in [0, 0.1) is 0 Å². The largest absolute Gasteiger partial charge is 0.351 e. The molecule has 0 spiro atoms. The van der Waals surface area contributed by atoms with Crippen molar-refractivity contribution < 1.29 is 9.59 Å². The molecule has 2 amide bonds. The van der Waals surface area contributed by atoms with Crippen molar-refractivity contribution in [2.45, 2.75) is 32.5 Å². The van der Waals surface area contributed by atoms with E-state index in [0.29, 0.717) is 26.1 Å². The summed E-state index contributed by atoms with van der Waals surface area (Å²) in [6.45, 7) is 3.19. The van der Waals surface area contributed by atoms with Gasteiger partial charge in [0, 0.05) is 24.5 Å². The number of carbonyl (C=O) groups is 2. The van der Waals surface area contributed by atoms with Gasteiger partial charge in [-0.05, 0) is 17.5 Å². The van der Waals surface area contributed by atoms with E-state index in [-0.39, 0.29) is 17.9 Å². The molecule has 2 aromatic heterocycles. The Morgan fingerprint density at radius 1 is 1.45 bits per heavy atom. The molecule has 1 aliphatic rings. The highest BCUT2D eigenvalue weighted by molar-refractivity contribution is 7.09. The van der Waals surface area contributed by atoms with Gasteiger partial charge in [0.15, 0.2) is 0 Å². The topological polar surface area (TPSA) is 67.2 Å². The molecule has 7 heteroatoms. The van der Waals surface area contributed by atoms with E-state index in [0.717, 1.165) is 10.6 Å². The van der Waals surface area contributed by atoms with Crippen LogP contribution in [0.15, 0.2) is 29.8 Å². The van der Waals surface area contributed by atoms with E-state index < -0.39 is 0 Å². The number of amides is 2. The zero-order chi connectivity index (χ0) is 15.5. The van der Waals surface area contributed by atoms with Crippen LogP contribution in [0.4, 0.5) is 0 Å². The molecule has 0 radical (unpaired) electrons. The SMILES string of the molecule is CC(=O)N1Cc2ccnn2C(CC(=O)NCc2cccs2)C1. The average molecular weight is 318 g/mol. The molecule has 0 bridgehead atoms. The molecule has 6 nitrogen and oxygen atoms in total. The van der Waals surface area contributed by atoms with Crippen LogP contribution in [0.1, 0.15) is 30.0 Å². The number of fused-ring (bicyclic) bond motifs is 1. The Bertz CT molecular complexity index is 665. The maximum atomic E-state index is 12.2. The lowest BCUT2D eigenvalue weighted by Crippen LogP contribution is -2.42. The highest BCUT2D eigenvalue weighted by Gasteiger charge is 2.28. The number of rotatable bonds is 4. The first-order chi connectivity index (χ1) is 10.6. The Labute approximate surface area is 132 Å². The Balaban J connectivity index is 1.63. The smallest absolute Gasteiger partial charge is 0.222 e. The number of hydrogen-bond acceptors (Lipinski definition) is 4.